The summed E-state index contributed by atoms with van der Waals surface area (Å²) in [5.41, 5.74) is 0.138. The quantitative estimate of drug-likeness (QED) is 0.606. The summed E-state index contributed by atoms with van der Waals surface area (Å²) in [6.07, 6.45) is 3.45. The maximum Gasteiger partial charge on any atom is 0.191 e. The van der Waals surface area contributed by atoms with Gasteiger partial charge in [-0.1, -0.05) is 13.8 Å². The number of hydrogen-bond acceptors (Lipinski definition) is 5. The van der Waals surface area contributed by atoms with Crippen LogP contribution in [0.2, 0.25) is 0 Å². The van der Waals surface area contributed by atoms with Crippen molar-refractivity contribution in [2.24, 2.45) is 16.3 Å². The second kappa shape index (κ2) is 6.81. The maximum atomic E-state index is 5.89. The number of fused-ring (bicyclic) bond motifs is 2. The van der Waals surface area contributed by atoms with E-state index in [1.54, 1.807) is 7.11 Å². The van der Waals surface area contributed by atoms with Crippen molar-refractivity contribution in [2.45, 2.75) is 64.4 Å². The molecule has 0 spiro atoms. The highest BCUT2D eigenvalue weighted by atomic mass is 16.5. The summed E-state index contributed by atoms with van der Waals surface area (Å²) in [7, 11) is 3.51. The Morgan fingerprint density at radius 3 is 3.00 bits per heavy atom. The van der Waals surface area contributed by atoms with Gasteiger partial charge in [0.2, 0.25) is 0 Å². The van der Waals surface area contributed by atoms with Gasteiger partial charge >= 0.3 is 0 Å². The van der Waals surface area contributed by atoms with Gasteiger partial charge < -0.3 is 20.1 Å². The van der Waals surface area contributed by atoms with Crippen LogP contribution in [-0.4, -0.2) is 59.7 Å². The fourth-order valence-electron chi connectivity index (χ4n) is 4.80. The molecule has 0 amide bonds. The summed E-state index contributed by atoms with van der Waals surface area (Å²) in [6, 6.07) is 0.699. The van der Waals surface area contributed by atoms with E-state index >= 15 is 0 Å². The molecule has 1 aromatic rings. The van der Waals surface area contributed by atoms with Crippen LogP contribution in [0.25, 0.3) is 0 Å². The van der Waals surface area contributed by atoms with E-state index in [4.69, 9.17) is 9.47 Å². The lowest BCUT2D eigenvalue weighted by atomic mass is 9.57. The monoisotopic (exact) mass is 362 g/mol. The van der Waals surface area contributed by atoms with Crippen molar-refractivity contribution >= 4 is 5.96 Å². The molecule has 4 atom stereocenters. The Labute approximate surface area is 154 Å². The Morgan fingerprint density at radius 1 is 1.38 bits per heavy atom. The van der Waals surface area contributed by atoms with E-state index in [1.807, 2.05) is 11.7 Å². The molecule has 1 saturated heterocycles. The molecule has 0 radical (unpaired) electrons. The van der Waals surface area contributed by atoms with E-state index < -0.39 is 0 Å². The first-order chi connectivity index (χ1) is 12.5. The molecule has 1 aliphatic carbocycles. The van der Waals surface area contributed by atoms with Crippen LogP contribution in [0.4, 0.5) is 0 Å². The lowest BCUT2D eigenvalue weighted by Crippen LogP contribution is -2.68. The molecule has 8 heteroatoms. The van der Waals surface area contributed by atoms with E-state index in [0.717, 1.165) is 50.0 Å². The van der Waals surface area contributed by atoms with Crippen molar-refractivity contribution in [3.63, 3.8) is 0 Å². The minimum Gasteiger partial charge on any atom is -0.377 e. The van der Waals surface area contributed by atoms with Crippen LogP contribution in [0.1, 0.15) is 38.3 Å². The van der Waals surface area contributed by atoms with Gasteiger partial charge in [-0.2, -0.15) is 5.10 Å². The topological polar surface area (TPSA) is 85.6 Å². The highest BCUT2D eigenvalue weighted by Crippen LogP contribution is 2.52. The van der Waals surface area contributed by atoms with E-state index in [2.05, 4.69) is 39.6 Å². The van der Waals surface area contributed by atoms with Crippen LogP contribution in [0.3, 0.4) is 0 Å². The van der Waals surface area contributed by atoms with Gasteiger partial charge in [0.1, 0.15) is 12.4 Å². The first-order valence-corrected chi connectivity index (χ1v) is 9.56. The molecule has 2 fully saturated rings. The van der Waals surface area contributed by atoms with Crippen molar-refractivity contribution < 1.29 is 9.47 Å². The van der Waals surface area contributed by atoms with Crippen LogP contribution >= 0.6 is 0 Å². The van der Waals surface area contributed by atoms with Crippen molar-refractivity contribution in [1.82, 2.24) is 25.4 Å². The minimum absolute atomic E-state index is 0.138. The minimum atomic E-state index is 0.138. The molecule has 8 nitrogen and oxygen atoms in total. The number of methoxy groups -OCH3 is 1. The van der Waals surface area contributed by atoms with Crippen molar-refractivity contribution in [3.8, 4) is 0 Å². The summed E-state index contributed by atoms with van der Waals surface area (Å²) in [5.74, 6) is 3.27. The molecule has 4 rings (SSSR count). The maximum absolute atomic E-state index is 5.89. The van der Waals surface area contributed by atoms with Crippen LogP contribution in [0.5, 0.6) is 0 Å². The highest BCUT2D eigenvalue weighted by Gasteiger charge is 2.59. The molecule has 3 heterocycles. The molecule has 3 aliphatic rings. The van der Waals surface area contributed by atoms with Crippen LogP contribution < -0.4 is 10.6 Å². The van der Waals surface area contributed by atoms with Gasteiger partial charge in [-0.15, -0.1) is 0 Å². The molecule has 2 aliphatic heterocycles. The van der Waals surface area contributed by atoms with Crippen molar-refractivity contribution in [3.05, 3.63) is 11.6 Å². The van der Waals surface area contributed by atoms with Crippen molar-refractivity contribution in [1.29, 1.82) is 0 Å². The number of guanidine groups is 1. The second-order valence-electron chi connectivity index (χ2n) is 8.20. The van der Waals surface area contributed by atoms with Crippen LogP contribution in [-0.2, 0) is 29.0 Å². The summed E-state index contributed by atoms with van der Waals surface area (Å²) in [5, 5.41) is 11.8. The van der Waals surface area contributed by atoms with E-state index in [-0.39, 0.29) is 5.41 Å². The molecule has 144 valence electrons. The number of rotatable bonds is 4. The number of nitrogens with zero attached hydrogens (tertiary/aromatic N) is 4. The largest absolute Gasteiger partial charge is 0.377 e. The zero-order valence-corrected chi connectivity index (χ0v) is 16.2. The lowest BCUT2D eigenvalue weighted by Gasteiger charge is -2.55. The second-order valence-corrected chi connectivity index (χ2v) is 8.20. The molecule has 1 aromatic heterocycles. The standard InChI is InChI=1S/C18H30N6O2/c1-18(2)15(12-7-8-26-16(12)18)22-17(19-3)20-11-5-6-14-21-13(10-25-4)23-24(14)9-11/h11-12,15-16H,5-10H2,1-4H3,(H2,19,20,22). The molecular formula is C18H30N6O2. The fourth-order valence-corrected chi connectivity index (χ4v) is 4.80. The Hall–Kier alpha value is -1.67. The molecule has 1 saturated carbocycles. The first-order valence-electron chi connectivity index (χ1n) is 9.56. The Bertz CT molecular complexity index is 685. The smallest absolute Gasteiger partial charge is 0.191 e. The van der Waals surface area contributed by atoms with E-state index in [9.17, 15) is 0 Å². The molecule has 0 aromatic carbocycles. The summed E-state index contributed by atoms with van der Waals surface area (Å²) in [6.45, 7) is 6.71. The van der Waals surface area contributed by atoms with E-state index in [0.29, 0.717) is 30.7 Å². The highest BCUT2D eigenvalue weighted by molar-refractivity contribution is 5.80. The van der Waals surface area contributed by atoms with Gasteiger partial charge in [-0.05, 0) is 12.8 Å². The summed E-state index contributed by atoms with van der Waals surface area (Å²) in [4.78, 5) is 9.00. The Balaban J connectivity index is 1.37. The Kier molecular flexibility index (Phi) is 4.64. The molecule has 4 unspecified atom stereocenters. The van der Waals surface area contributed by atoms with Crippen LogP contribution in [0, 0.1) is 11.3 Å². The predicted molar refractivity (Wildman–Crippen MR) is 97.9 cm³/mol. The molecule has 26 heavy (non-hydrogen) atoms. The van der Waals surface area contributed by atoms with Gasteiger partial charge in [-0.25, -0.2) is 9.67 Å². The average Bonchev–Trinajstić information content (AvgIpc) is 3.23. The average molecular weight is 362 g/mol. The third kappa shape index (κ3) is 2.99. The van der Waals surface area contributed by atoms with Gasteiger partial charge in [-0.3, -0.25) is 4.99 Å². The molecule has 0 bridgehead atoms. The Morgan fingerprint density at radius 2 is 2.23 bits per heavy atom. The SMILES string of the molecule is CN=C(NC1CCc2nc(COC)nn2C1)NC1C2CCOC2C1(C)C. The lowest BCUT2D eigenvalue weighted by molar-refractivity contribution is -0.106. The predicted octanol–water partition coefficient (Wildman–Crippen LogP) is 0.718. The van der Waals surface area contributed by atoms with Gasteiger partial charge in [0, 0.05) is 50.6 Å². The summed E-state index contributed by atoms with van der Waals surface area (Å²) < 4.78 is 13.0. The summed E-state index contributed by atoms with van der Waals surface area (Å²) >= 11 is 0. The van der Waals surface area contributed by atoms with Gasteiger partial charge in [0.25, 0.3) is 0 Å². The normalized spacial score (nSPS) is 32.5. The molecule has 2 N–H and O–H groups in total. The zero-order chi connectivity index (χ0) is 18.3. The molecular weight excluding hydrogens is 332 g/mol. The zero-order valence-electron chi connectivity index (χ0n) is 16.2. The number of aromatic nitrogens is 3. The fraction of sp³-hybridized carbons (Fsp3) is 0.833. The number of ether oxygens (including phenoxy) is 2. The number of aryl methyl sites for hydroxylation is 1. The van der Waals surface area contributed by atoms with E-state index in [1.165, 1.54) is 0 Å². The number of aliphatic imine (C=N–C) groups is 1. The first kappa shape index (κ1) is 17.7. The number of nitrogens with one attached hydrogen (secondary N) is 2. The third-order valence-electron chi connectivity index (χ3n) is 6.13. The van der Waals surface area contributed by atoms with Crippen molar-refractivity contribution in [2.75, 3.05) is 20.8 Å². The van der Waals surface area contributed by atoms with Crippen LogP contribution in [0.15, 0.2) is 4.99 Å². The number of hydrogen-bond donors (Lipinski definition) is 2. The third-order valence-corrected chi connectivity index (χ3v) is 6.13. The van der Waals surface area contributed by atoms with Gasteiger partial charge in [0.05, 0.1) is 12.6 Å². The van der Waals surface area contributed by atoms with Gasteiger partial charge in [0.15, 0.2) is 11.8 Å².